The standard InChI is InChI=1S/C27H29F2N3O2/c1-18(2)26(33)30-24-12-13-25(31(3)4)21(15-24)17-32(16-19-6-5-7-23(29)14-19)27(34)20-8-10-22(28)11-9-20/h5-15,18H,16-17H2,1-4H3,(H,30,33). The summed E-state index contributed by atoms with van der Waals surface area (Å²) in [5.74, 6) is -1.43. The van der Waals surface area contributed by atoms with Crippen molar-refractivity contribution in [3.05, 3.63) is 95.1 Å². The Morgan fingerprint density at radius 2 is 1.59 bits per heavy atom. The molecule has 0 atom stereocenters. The van der Waals surface area contributed by atoms with E-state index in [1.165, 1.54) is 36.4 Å². The SMILES string of the molecule is CC(C)C(=O)Nc1ccc(N(C)C)c(CN(Cc2cccc(F)c2)C(=O)c2ccc(F)cc2)c1. The van der Waals surface area contributed by atoms with Gasteiger partial charge in [0.2, 0.25) is 5.91 Å². The molecule has 0 bridgehead atoms. The maximum Gasteiger partial charge on any atom is 0.254 e. The predicted octanol–water partition coefficient (Wildman–Crippen LogP) is 5.47. The van der Waals surface area contributed by atoms with Crippen LogP contribution in [0.1, 0.15) is 35.3 Å². The second-order valence-corrected chi connectivity index (χ2v) is 8.68. The smallest absolute Gasteiger partial charge is 0.254 e. The highest BCUT2D eigenvalue weighted by molar-refractivity contribution is 5.94. The molecule has 0 radical (unpaired) electrons. The van der Waals surface area contributed by atoms with E-state index in [9.17, 15) is 18.4 Å². The van der Waals surface area contributed by atoms with E-state index in [1.807, 2.05) is 51.0 Å². The molecule has 0 heterocycles. The lowest BCUT2D eigenvalue weighted by Crippen LogP contribution is -2.31. The Morgan fingerprint density at radius 1 is 0.882 bits per heavy atom. The molecule has 34 heavy (non-hydrogen) atoms. The molecule has 3 rings (SSSR count). The van der Waals surface area contributed by atoms with Gasteiger partial charge >= 0.3 is 0 Å². The molecular formula is C27H29F2N3O2. The van der Waals surface area contributed by atoms with Crippen molar-refractivity contribution in [1.82, 2.24) is 4.90 Å². The normalized spacial score (nSPS) is 10.8. The summed E-state index contributed by atoms with van der Waals surface area (Å²) in [5, 5.41) is 2.89. The lowest BCUT2D eigenvalue weighted by molar-refractivity contribution is -0.118. The molecule has 178 valence electrons. The fourth-order valence-electron chi connectivity index (χ4n) is 3.55. The van der Waals surface area contributed by atoms with Crippen molar-refractivity contribution in [2.45, 2.75) is 26.9 Å². The molecular weight excluding hydrogens is 436 g/mol. The molecule has 0 aliphatic carbocycles. The second-order valence-electron chi connectivity index (χ2n) is 8.68. The van der Waals surface area contributed by atoms with Gasteiger partial charge < -0.3 is 15.1 Å². The van der Waals surface area contributed by atoms with E-state index in [1.54, 1.807) is 17.0 Å². The maximum atomic E-state index is 13.8. The molecule has 0 aliphatic rings. The number of carbonyl (C=O) groups is 2. The van der Waals surface area contributed by atoms with Crippen molar-refractivity contribution in [3.8, 4) is 0 Å². The van der Waals surface area contributed by atoms with Crippen LogP contribution >= 0.6 is 0 Å². The third-order valence-corrected chi connectivity index (χ3v) is 5.36. The molecule has 0 saturated carbocycles. The van der Waals surface area contributed by atoms with E-state index >= 15 is 0 Å². The Balaban J connectivity index is 1.99. The maximum absolute atomic E-state index is 13.8. The number of benzene rings is 3. The summed E-state index contributed by atoms with van der Waals surface area (Å²) in [6.45, 7) is 3.98. The van der Waals surface area contributed by atoms with Gasteiger partial charge in [-0.25, -0.2) is 8.78 Å². The Labute approximate surface area is 199 Å². The number of anilines is 2. The molecule has 0 fully saturated rings. The molecule has 0 aliphatic heterocycles. The van der Waals surface area contributed by atoms with E-state index in [2.05, 4.69) is 5.32 Å². The number of hydrogen-bond acceptors (Lipinski definition) is 3. The first-order valence-corrected chi connectivity index (χ1v) is 11.0. The molecule has 0 aromatic heterocycles. The minimum atomic E-state index is -0.434. The number of nitrogens with zero attached hydrogens (tertiary/aromatic N) is 2. The van der Waals surface area contributed by atoms with Crippen LogP contribution < -0.4 is 10.2 Å². The summed E-state index contributed by atoms with van der Waals surface area (Å²) in [5.41, 5.74) is 3.26. The predicted molar refractivity (Wildman–Crippen MR) is 131 cm³/mol. The number of hydrogen-bond donors (Lipinski definition) is 1. The minimum absolute atomic E-state index is 0.109. The van der Waals surface area contributed by atoms with Gasteiger partial charge in [-0.15, -0.1) is 0 Å². The fraction of sp³-hybridized carbons (Fsp3) is 0.259. The Morgan fingerprint density at radius 3 is 2.21 bits per heavy atom. The second kappa shape index (κ2) is 10.9. The van der Waals surface area contributed by atoms with Crippen LogP contribution in [-0.2, 0) is 17.9 Å². The van der Waals surface area contributed by atoms with Gasteiger partial charge in [-0.2, -0.15) is 0 Å². The van der Waals surface area contributed by atoms with E-state index < -0.39 is 5.82 Å². The number of amides is 2. The summed E-state index contributed by atoms with van der Waals surface area (Å²) in [4.78, 5) is 29.1. The zero-order valence-corrected chi connectivity index (χ0v) is 19.8. The highest BCUT2D eigenvalue weighted by Gasteiger charge is 2.20. The van der Waals surface area contributed by atoms with Gasteiger partial charge in [-0.1, -0.05) is 26.0 Å². The minimum Gasteiger partial charge on any atom is -0.377 e. The van der Waals surface area contributed by atoms with Crippen LogP contribution in [0.25, 0.3) is 0 Å². The van der Waals surface area contributed by atoms with Crippen LogP contribution in [0.2, 0.25) is 0 Å². The van der Waals surface area contributed by atoms with Gasteiger partial charge in [-0.05, 0) is 65.7 Å². The van der Waals surface area contributed by atoms with Gasteiger partial charge in [-0.3, -0.25) is 9.59 Å². The molecule has 5 nitrogen and oxygen atoms in total. The van der Waals surface area contributed by atoms with E-state index in [0.29, 0.717) is 16.8 Å². The Kier molecular flexibility index (Phi) is 7.99. The van der Waals surface area contributed by atoms with Crippen molar-refractivity contribution in [2.24, 2.45) is 5.92 Å². The summed E-state index contributed by atoms with van der Waals surface area (Å²) in [6, 6.07) is 17.0. The molecule has 3 aromatic rings. The van der Waals surface area contributed by atoms with E-state index in [-0.39, 0.29) is 36.6 Å². The zero-order chi connectivity index (χ0) is 24.8. The number of rotatable bonds is 8. The van der Waals surface area contributed by atoms with Gasteiger partial charge in [0.1, 0.15) is 11.6 Å². The first-order chi connectivity index (χ1) is 16.1. The number of carbonyl (C=O) groups excluding carboxylic acids is 2. The van der Waals surface area contributed by atoms with Crippen LogP contribution in [0.3, 0.4) is 0 Å². The molecule has 1 N–H and O–H groups in total. The average Bonchev–Trinajstić information content (AvgIpc) is 2.78. The highest BCUT2D eigenvalue weighted by atomic mass is 19.1. The van der Waals surface area contributed by atoms with E-state index in [0.717, 1.165) is 11.3 Å². The quantitative estimate of drug-likeness (QED) is 0.480. The lowest BCUT2D eigenvalue weighted by atomic mass is 10.1. The van der Waals surface area contributed by atoms with Crippen LogP contribution in [0.5, 0.6) is 0 Å². The number of halogens is 2. The van der Waals surface area contributed by atoms with Gasteiger partial charge in [0.05, 0.1) is 0 Å². The molecule has 0 spiro atoms. The highest BCUT2D eigenvalue weighted by Crippen LogP contribution is 2.26. The molecule has 7 heteroatoms. The average molecular weight is 466 g/mol. The van der Waals surface area contributed by atoms with Crippen LogP contribution in [0, 0.1) is 17.6 Å². The summed E-state index contributed by atoms with van der Waals surface area (Å²) in [7, 11) is 3.79. The van der Waals surface area contributed by atoms with Crippen LogP contribution in [0.4, 0.5) is 20.2 Å². The van der Waals surface area contributed by atoms with Crippen molar-refractivity contribution in [3.63, 3.8) is 0 Å². The fourth-order valence-corrected chi connectivity index (χ4v) is 3.55. The van der Waals surface area contributed by atoms with Crippen molar-refractivity contribution in [1.29, 1.82) is 0 Å². The first kappa shape index (κ1) is 24.9. The van der Waals surface area contributed by atoms with Gasteiger partial charge in [0.15, 0.2) is 0 Å². The molecule has 0 unspecified atom stereocenters. The van der Waals surface area contributed by atoms with Crippen molar-refractivity contribution < 1.29 is 18.4 Å². The first-order valence-electron chi connectivity index (χ1n) is 11.0. The molecule has 0 saturated heterocycles. The monoisotopic (exact) mass is 465 g/mol. The Bertz CT molecular complexity index is 1160. The molecule has 2 amide bonds. The van der Waals surface area contributed by atoms with E-state index in [4.69, 9.17) is 0 Å². The Hall–Kier alpha value is -3.74. The summed E-state index contributed by atoms with van der Waals surface area (Å²) >= 11 is 0. The van der Waals surface area contributed by atoms with Crippen LogP contribution in [0.15, 0.2) is 66.7 Å². The zero-order valence-electron chi connectivity index (χ0n) is 19.8. The number of nitrogens with one attached hydrogen (secondary N) is 1. The third kappa shape index (κ3) is 6.41. The molecule has 3 aromatic carbocycles. The van der Waals surface area contributed by atoms with Gasteiger partial charge in [0, 0.05) is 50.0 Å². The largest absolute Gasteiger partial charge is 0.377 e. The summed E-state index contributed by atoms with van der Waals surface area (Å²) < 4.78 is 27.3. The van der Waals surface area contributed by atoms with Crippen molar-refractivity contribution >= 4 is 23.2 Å². The third-order valence-electron chi connectivity index (χ3n) is 5.36. The topological polar surface area (TPSA) is 52.7 Å². The van der Waals surface area contributed by atoms with Crippen molar-refractivity contribution in [2.75, 3.05) is 24.3 Å². The summed E-state index contributed by atoms with van der Waals surface area (Å²) in [6.07, 6.45) is 0. The van der Waals surface area contributed by atoms with Crippen LogP contribution in [-0.4, -0.2) is 30.8 Å². The van der Waals surface area contributed by atoms with Gasteiger partial charge in [0.25, 0.3) is 5.91 Å². The lowest BCUT2D eigenvalue weighted by Gasteiger charge is -2.27.